The molecule has 3 rings (SSSR count). The van der Waals surface area contributed by atoms with Crippen LogP contribution in [0.15, 0.2) is 53.9 Å². The maximum atomic E-state index is 12.6. The van der Waals surface area contributed by atoms with E-state index in [9.17, 15) is 4.79 Å². The van der Waals surface area contributed by atoms with E-state index in [1.807, 2.05) is 32.0 Å². The molecule has 27 heavy (non-hydrogen) atoms. The van der Waals surface area contributed by atoms with Gasteiger partial charge in [-0.25, -0.2) is 9.97 Å². The highest BCUT2D eigenvalue weighted by molar-refractivity contribution is 7.99. The zero-order valence-corrected chi connectivity index (χ0v) is 16.6. The summed E-state index contributed by atoms with van der Waals surface area (Å²) >= 11 is 1.37. The standard InChI is InChI=1S/C21H23N3O2S/c1-15-13-19(20(25)14-27-21-22-10-4-11-23-21)16(2)24(15)12-9-17-5-7-18(26-3)8-6-17/h4-8,10-11,13H,9,12,14H2,1-3H3. The molecule has 0 saturated carbocycles. The highest BCUT2D eigenvalue weighted by atomic mass is 32.2. The second-order valence-corrected chi connectivity index (χ2v) is 7.22. The fraction of sp³-hybridized carbons (Fsp3) is 0.286. The highest BCUT2D eigenvalue weighted by Gasteiger charge is 2.16. The van der Waals surface area contributed by atoms with Crippen LogP contribution < -0.4 is 4.74 Å². The van der Waals surface area contributed by atoms with Gasteiger partial charge in [-0.2, -0.15) is 0 Å². The van der Waals surface area contributed by atoms with Gasteiger partial charge in [-0.15, -0.1) is 0 Å². The number of hydrogen-bond donors (Lipinski definition) is 0. The van der Waals surface area contributed by atoms with Crippen molar-refractivity contribution in [1.29, 1.82) is 0 Å². The topological polar surface area (TPSA) is 57.0 Å². The number of hydrogen-bond acceptors (Lipinski definition) is 5. The fourth-order valence-electron chi connectivity index (χ4n) is 3.03. The quantitative estimate of drug-likeness (QED) is 0.334. The van der Waals surface area contributed by atoms with Crippen molar-refractivity contribution in [1.82, 2.24) is 14.5 Å². The molecule has 0 bridgehead atoms. The van der Waals surface area contributed by atoms with Gasteiger partial charge in [0.25, 0.3) is 0 Å². The smallest absolute Gasteiger partial charge is 0.187 e. The Morgan fingerprint density at radius 2 is 1.85 bits per heavy atom. The van der Waals surface area contributed by atoms with Gasteiger partial charge in [0, 0.05) is 35.9 Å². The van der Waals surface area contributed by atoms with E-state index < -0.39 is 0 Å². The summed E-state index contributed by atoms with van der Waals surface area (Å²) in [4.78, 5) is 20.9. The molecule has 140 valence electrons. The summed E-state index contributed by atoms with van der Waals surface area (Å²) in [6, 6.07) is 11.9. The zero-order chi connectivity index (χ0) is 19.2. The van der Waals surface area contributed by atoms with E-state index in [0.717, 1.165) is 35.7 Å². The molecular formula is C21H23N3O2S. The minimum Gasteiger partial charge on any atom is -0.497 e. The average molecular weight is 382 g/mol. The predicted octanol–water partition coefficient (Wildman–Crippen LogP) is 4.12. The fourth-order valence-corrected chi connectivity index (χ4v) is 3.71. The molecule has 0 spiro atoms. The first-order valence-corrected chi connectivity index (χ1v) is 9.79. The normalized spacial score (nSPS) is 10.8. The molecule has 1 aromatic carbocycles. The van der Waals surface area contributed by atoms with Crippen LogP contribution in [0.25, 0.3) is 0 Å². The lowest BCUT2D eigenvalue weighted by Crippen LogP contribution is -2.08. The number of ketones is 1. The molecule has 0 unspecified atom stereocenters. The third-order valence-electron chi connectivity index (χ3n) is 4.53. The van der Waals surface area contributed by atoms with E-state index in [-0.39, 0.29) is 5.78 Å². The lowest BCUT2D eigenvalue weighted by atomic mass is 10.1. The SMILES string of the molecule is COc1ccc(CCn2c(C)cc(C(=O)CSc3ncccn3)c2C)cc1. The number of nitrogens with zero attached hydrogens (tertiary/aromatic N) is 3. The zero-order valence-electron chi connectivity index (χ0n) is 15.8. The van der Waals surface area contributed by atoms with E-state index in [0.29, 0.717) is 10.9 Å². The van der Waals surface area contributed by atoms with Crippen molar-refractivity contribution >= 4 is 17.5 Å². The molecule has 0 amide bonds. The summed E-state index contributed by atoms with van der Waals surface area (Å²) in [5.74, 6) is 1.31. The maximum Gasteiger partial charge on any atom is 0.187 e. The maximum absolute atomic E-state index is 12.6. The Hall–Kier alpha value is -2.60. The molecule has 2 heterocycles. The van der Waals surface area contributed by atoms with E-state index in [1.165, 1.54) is 17.3 Å². The first-order chi connectivity index (χ1) is 13.1. The van der Waals surface area contributed by atoms with E-state index in [1.54, 1.807) is 25.6 Å². The number of ether oxygens (including phenoxy) is 1. The Bertz CT molecular complexity index is 905. The van der Waals surface area contributed by atoms with Gasteiger partial charge >= 0.3 is 0 Å². The largest absolute Gasteiger partial charge is 0.497 e. The van der Waals surface area contributed by atoms with Crippen molar-refractivity contribution in [3.63, 3.8) is 0 Å². The number of aromatic nitrogens is 3. The summed E-state index contributed by atoms with van der Waals surface area (Å²) in [7, 11) is 1.67. The molecule has 0 fully saturated rings. The Morgan fingerprint density at radius 1 is 1.15 bits per heavy atom. The van der Waals surface area contributed by atoms with Crippen LogP contribution in [-0.2, 0) is 13.0 Å². The van der Waals surface area contributed by atoms with E-state index in [2.05, 4.69) is 26.7 Å². The molecule has 0 aliphatic rings. The average Bonchev–Trinajstić information content (AvgIpc) is 2.99. The van der Waals surface area contributed by atoms with Crippen molar-refractivity contribution in [3.8, 4) is 5.75 Å². The van der Waals surface area contributed by atoms with Crippen LogP contribution in [0.5, 0.6) is 5.75 Å². The van der Waals surface area contributed by atoms with Crippen molar-refractivity contribution in [3.05, 3.63) is 71.3 Å². The van der Waals surface area contributed by atoms with Gasteiger partial charge in [0.05, 0.1) is 12.9 Å². The Labute approximate surface area is 163 Å². The molecule has 6 heteroatoms. The van der Waals surface area contributed by atoms with Gasteiger partial charge < -0.3 is 9.30 Å². The van der Waals surface area contributed by atoms with Gasteiger partial charge in [0.1, 0.15) is 5.75 Å². The summed E-state index contributed by atoms with van der Waals surface area (Å²) in [6.07, 6.45) is 4.27. The lowest BCUT2D eigenvalue weighted by molar-refractivity contribution is 0.102. The third-order valence-corrected chi connectivity index (χ3v) is 5.41. The Balaban J connectivity index is 1.65. The summed E-state index contributed by atoms with van der Waals surface area (Å²) in [5.41, 5.74) is 4.14. The number of rotatable bonds is 8. The minimum absolute atomic E-state index is 0.108. The molecule has 0 atom stereocenters. The van der Waals surface area contributed by atoms with Gasteiger partial charge in [-0.05, 0) is 50.1 Å². The summed E-state index contributed by atoms with van der Waals surface area (Å²) in [6.45, 7) is 4.90. The van der Waals surface area contributed by atoms with E-state index in [4.69, 9.17) is 4.74 Å². The first kappa shape index (κ1) is 19.2. The first-order valence-electron chi connectivity index (χ1n) is 8.81. The second kappa shape index (κ2) is 8.86. The molecule has 0 aliphatic heterocycles. The van der Waals surface area contributed by atoms with Crippen LogP contribution in [-0.4, -0.2) is 33.2 Å². The molecule has 5 nitrogen and oxygen atoms in total. The minimum atomic E-state index is 0.108. The number of methoxy groups -OCH3 is 1. The number of benzene rings is 1. The van der Waals surface area contributed by atoms with Crippen molar-refractivity contribution in [2.45, 2.75) is 32.0 Å². The number of carbonyl (C=O) groups excluding carboxylic acids is 1. The van der Waals surface area contributed by atoms with Crippen LogP contribution in [0, 0.1) is 13.8 Å². The van der Waals surface area contributed by atoms with Crippen molar-refractivity contribution in [2.24, 2.45) is 0 Å². The molecular weight excluding hydrogens is 358 g/mol. The molecule has 0 radical (unpaired) electrons. The van der Waals surface area contributed by atoms with Gasteiger partial charge in [0.2, 0.25) is 0 Å². The Kier molecular flexibility index (Phi) is 6.29. The van der Waals surface area contributed by atoms with Crippen LogP contribution in [0.4, 0.5) is 0 Å². The molecule has 0 N–H and O–H groups in total. The van der Waals surface area contributed by atoms with E-state index >= 15 is 0 Å². The number of carbonyl (C=O) groups is 1. The van der Waals surface area contributed by atoms with Crippen molar-refractivity contribution in [2.75, 3.05) is 12.9 Å². The number of thioether (sulfide) groups is 1. The van der Waals surface area contributed by atoms with Gasteiger partial charge in [-0.3, -0.25) is 4.79 Å². The van der Waals surface area contributed by atoms with Crippen LogP contribution >= 0.6 is 11.8 Å². The second-order valence-electron chi connectivity index (χ2n) is 6.28. The predicted molar refractivity (Wildman–Crippen MR) is 108 cm³/mol. The summed E-state index contributed by atoms with van der Waals surface area (Å²) in [5, 5.41) is 0.624. The van der Waals surface area contributed by atoms with Gasteiger partial charge in [0.15, 0.2) is 10.9 Å². The molecule has 2 aromatic heterocycles. The lowest BCUT2D eigenvalue weighted by Gasteiger charge is -2.10. The van der Waals surface area contributed by atoms with Crippen LogP contribution in [0.3, 0.4) is 0 Å². The van der Waals surface area contributed by atoms with Crippen LogP contribution in [0.1, 0.15) is 27.3 Å². The third kappa shape index (κ3) is 4.77. The van der Waals surface area contributed by atoms with Crippen molar-refractivity contribution < 1.29 is 9.53 Å². The molecule has 3 aromatic rings. The molecule has 0 aliphatic carbocycles. The summed E-state index contributed by atoms with van der Waals surface area (Å²) < 4.78 is 7.41. The van der Waals surface area contributed by atoms with Crippen LogP contribution in [0.2, 0.25) is 0 Å². The van der Waals surface area contributed by atoms with Gasteiger partial charge in [-0.1, -0.05) is 23.9 Å². The number of Topliss-reactive ketones (excluding diaryl/α,β-unsaturated/α-hetero) is 1. The number of aryl methyl sites for hydroxylation is 2. The highest BCUT2D eigenvalue weighted by Crippen LogP contribution is 2.21. The monoisotopic (exact) mass is 381 g/mol. The Morgan fingerprint density at radius 3 is 2.52 bits per heavy atom. The molecule has 0 saturated heterocycles.